The van der Waals surface area contributed by atoms with Gasteiger partial charge in [-0.2, -0.15) is 4.31 Å². The maximum atomic E-state index is 12.9. The van der Waals surface area contributed by atoms with Crippen molar-refractivity contribution in [2.24, 2.45) is 5.92 Å². The van der Waals surface area contributed by atoms with Crippen molar-refractivity contribution in [3.63, 3.8) is 0 Å². The molecule has 2 heterocycles. The maximum Gasteiger partial charge on any atom is 0.225 e. The lowest BCUT2D eigenvalue weighted by Gasteiger charge is -2.42. The molecule has 0 aliphatic carbocycles. The van der Waals surface area contributed by atoms with E-state index >= 15 is 0 Å². The van der Waals surface area contributed by atoms with Crippen LogP contribution >= 0.6 is 23.2 Å². The number of hydrogen-bond donors (Lipinski definition) is 1. The number of carbonyl (C=O) groups is 1. The van der Waals surface area contributed by atoms with Crippen LogP contribution in [0.5, 0.6) is 5.75 Å². The lowest BCUT2D eigenvalue weighted by atomic mass is 9.97. The van der Waals surface area contributed by atoms with Crippen LogP contribution in [0.15, 0.2) is 12.1 Å². The summed E-state index contributed by atoms with van der Waals surface area (Å²) < 4.78 is 24.9. The first kappa shape index (κ1) is 23.6. The van der Waals surface area contributed by atoms with Gasteiger partial charge in [0.2, 0.25) is 15.9 Å². The van der Waals surface area contributed by atoms with Crippen molar-refractivity contribution in [1.82, 2.24) is 14.1 Å². The number of rotatable bonds is 5. The van der Waals surface area contributed by atoms with Crippen LogP contribution in [0.25, 0.3) is 0 Å². The third-order valence-corrected chi connectivity index (χ3v) is 7.95. The van der Waals surface area contributed by atoms with Crippen molar-refractivity contribution in [3.8, 4) is 5.75 Å². The minimum atomic E-state index is -3.12. The largest absolute Gasteiger partial charge is 0.505 e. The van der Waals surface area contributed by atoms with Gasteiger partial charge in [0, 0.05) is 51.2 Å². The van der Waals surface area contributed by atoms with Gasteiger partial charge >= 0.3 is 0 Å². The summed E-state index contributed by atoms with van der Waals surface area (Å²) in [5, 5.41) is 10.1. The second-order valence-electron chi connectivity index (χ2n) is 8.27. The van der Waals surface area contributed by atoms with E-state index in [4.69, 9.17) is 23.2 Å². The van der Waals surface area contributed by atoms with Crippen molar-refractivity contribution in [1.29, 1.82) is 0 Å². The third-order valence-electron chi connectivity index (χ3n) is 6.07. The summed E-state index contributed by atoms with van der Waals surface area (Å²) in [6, 6.07) is 3.69. The zero-order chi connectivity index (χ0) is 22.1. The van der Waals surface area contributed by atoms with Crippen LogP contribution in [0.3, 0.4) is 0 Å². The number of piperidine rings is 1. The molecule has 1 N–H and O–H groups in total. The van der Waals surface area contributed by atoms with Crippen LogP contribution in [-0.4, -0.2) is 85.1 Å². The van der Waals surface area contributed by atoms with E-state index in [-0.39, 0.29) is 27.6 Å². The number of phenolic OH excluding ortho intramolecular Hbond substituents is 1. The Balaban J connectivity index is 1.49. The molecule has 2 saturated heterocycles. The van der Waals surface area contributed by atoms with Gasteiger partial charge in [-0.25, -0.2) is 8.42 Å². The van der Waals surface area contributed by atoms with Crippen LogP contribution in [0.1, 0.15) is 25.3 Å². The molecule has 3 rings (SSSR count). The summed E-state index contributed by atoms with van der Waals surface area (Å²) in [5.41, 5.74) is 0.822. The van der Waals surface area contributed by atoms with Crippen LogP contribution < -0.4 is 0 Å². The Bertz CT molecular complexity index is 857. The monoisotopic (exact) mass is 477 g/mol. The molecule has 7 nitrogen and oxygen atoms in total. The number of nitrogens with zero attached hydrogens (tertiary/aromatic N) is 3. The molecule has 168 valence electrons. The van der Waals surface area contributed by atoms with Gasteiger partial charge in [-0.05, 0) is 37.0 Å². The minimum absolute atomic E-state index is 0.107. The second kappa shape index (κ2) is 9.61. The first-order chi connectivity index (χ1) is 14.1. The number of amides is 1. The van der Waals surface area contributed by atoms with Crippen molar-refractivity contribution in [2.75, 3.05) is 45.5 Å². The molecule has 2 aliphatic rings. The van der Waals surface area contributed by atoms with Gasteiger partial charge in [-0.1, -0.05) is 30.1 Å². The fraction of sp³-hybridized carbons (Fsp3) is 0.650. The molecule has 1 aromatic rings. The molecule has 1 amide bonds. The molecule has 30 heavy (non-hydrogen) atoms. The molecule has 0 unspecified atom stereocenters. The van der Waals surface area contributed by atoms with Crippen LogP contribution in [0, 0.1) is 5.92 Å². The summed E-state index contributed by atoms with van der Waals surface area (Å²) in [4.78, 5) is 17.2. The number of halogens is 2. The van der Waals surface area contributed by atoms with Crippen molar-refractivity contribution < 1.29 is 18.3 Å². The number of likely N-dealkylation sites (tertiary alicyclic amines) is 1. The highest BCUT2D eigenvalue weighted by Gasteiger charge is 2.32. The number of aromatic hydroxyl groups is 1. The van der Waals surface area contributed by atoms with E-state index in [1.165, 1.54) is 10.6 Å². The number of phenols is 1. The average Bonchev–Trinajstić information content (AvgIpc) is 2.71. The van der Waals surface area contributed by atoms with Crippen molar-refractivity contribution in [3.05, 3.63) is 27.7 Å². The summed E-state index contributed by atoms with van der Waals surface area (Å²) in [6.45, 7) is 5.86. The van der Waals surface area contributed by atoms with E-state index in [0.29, 0.717) is 38.6 Å². The van der Waals surface area contributed by atoms with Gasteiger partial charge in [-0.3, -0.25) is 9.69 Å². The summed E-state index contributed by atoms with van der Waals surface area (Å²) in [7, 11) is -3.12. The van der Waals surface area contributed by atoms with E-state index in [1.807, 2.05) is 11.8 Å². The van der Waals surface area contributed by atoms with Crippen LogP contribution in [-0.2, 0) is 21.2 Å². The van der Waals surface area contributed by atoms with Gasteiger partial charge in [0.15, 0.2) is 5.75 Å². The molecule has 1 aromatic carbocycles. The molecule has 0 saturated carbocycles. The molecule has 2 aliphatic heterocycles. The van der Waals surface area contributed by atoms with E-state index in [9.17, 15) is 18.3 Å². The number of carbonyl (C=O) groups excluding carboxylic acids is 1. The van der Waals surface area contributed by atoms with Crippen molar-refractivity contribution in [2.45, 2.75) is 32.2 Å². The van der Waals surface area contributed by atoms with Gasteiger partial charge in [0.1, 0.15) is 0 Å². The molecule has 0 spiro atoms. The Labute approximate surface area is 188 Å². The van der Waals surface area contributed by atoms with E-state index in [1.54, 1.807) is 12.1 Å². The second-order valence-corrected chi connectivity index (χ2v) is 11.1. The SMILES string of the molecule is C[C@H](Cc1cc(Cl)c(O)c(Cl)c1)C(=O)N1CCC(N2CCN(S(C)(=O)=O)CC2)CC1. The number of hydrogen-bond acceptors (Lipinski definition) is 5. The Morgan fingerprint density at radius 2 is 1.63 bits per heavy atom. The number of benzene rings is 1. The molecular formula is C20H29Cl2N3O4S. The fourth-order valence-electron chi connectivity index (χ4n) is 4.34. The smallest absolute Gasteiger partial charge is 0.225 e. The number of piperazine rings is 1. The molecule has 1 atom stereocenters. The fourth-order valence-corrected chi connectivity index (χ4v) is 5.70. The van der Waals surface area contributed by atoms with Crippen LogP contribution in [0.2, 0.25) is 10.0 Å². The number of sulfonamides is 1. The highest BCUT2D eigenvalue weighted by Crippen LogP contribution is 2.33. The van der Waals surface area contributed by atoms with Gasteiger partial charge < -0.3 is 10.0 Å². The van der Waals surface area contributed by atoms with Crippen molar-refractivity contribution >= 4 is 39.1 Å². The first-order valence-corrected chi connectivity index (χ1v) is 12.8. The maximum absolute atomic E-state index is 12.9. The first-order valence-electron chi connectivity index (χ1n) is 10.2. The normalized spacial score (nSPS) is 21.0. The zero-order valence-corrected chi connectivity index (χ0v) is 19.7. The minimum Gasteiger partial charge on any atom is -0.505 e. The topological polar surface area (TPSA) is 81.2 Å². The molecule has 0 radical (unpaired) electrons. The molecule has 0 aromatic heterocycles. The highest BCUT2D eigenvalue weighted by atomic mass is 35.5. The Hall–Kier alpha value is -1.06. The standard InChI is InChI=1S/C20H29Cl2N3O4S/c1-14(11-15-12-17(21)19(26)18(22)13-15)20(27)24-5-3-16(4-6-24)23-7-9-25(10-8-23)30(2,28)29/h12-14,16,26H,3-11H2,1-2H3/t14-/m1/s1. The summed E-state index contributed by atoms with van der Waals surface area (Å²) in [5.74, 6) is -0.243. The third kappa shape index (κ3) is 5.59. The molecule has 2 fully saturated rings. The van der Waals surface area contributed by atoms with Gasteiger partial charge in [0.25, 0.3) is 0 Å². The Kier molecular flexibility index (Phi) is 7.56. The average molecular weight is 478 g/mol. The summed E-state index contributed by atoms with van der Waals surface area (Å²) in [6.07, 6.45) is 3.56. The highest BCUT2D eigenvalue weighted by molar-refractivity contribution is 7.88. The van der Waals surface area contributed by atoms with E-state index in [0.717, 1.165) is 31.5 Å². The van der Waals surface area contributed by atoms with Gasteiger partial charge in [-0.15, -0.1) is 0 Å². The predicted octanol–water partition coefficient (Wildman–Crippen LogP) is 2.45. The Morgan fingerprint density at radius 3 is 2.13 bits per heavy atom. The summed E-state index contributed by atoms with van der Waals surface area (Å²) >= 11 is 12.0. The molecular weight excluding hydrogens is 449 g/mol. The van der Waals surface area contributed by atoms with E-state index < -0.39 is 10.0 Å². The van der Waals surface area contributed by atoms with Crippen LogP contribution in [0.4, 0.5) is 0 Å². The lowest BCUT2D eigenvalue weighted by molar-refractivity contribution is -0.136. The lowest BCUT2D eigenvalue weighted by Crippen LogP contribution is -2.54. The molecule has 0 bridgehead atoms. The molecule has 10 heteroatoms. The zero-order valence-electron chi connectivity index (χ0n) is 17.4. The Morgan fingerprint density at radius 1 is 1.10 bits per heavy atom. The van der Waals surface area contributed by atoms with E-state index in [2.05, 4.69) is 4.90 Å². The quantitative estimate of drug-likeness (QED) is 0.703. The predicted molar refractivity (Wildman–Crippen MR) is 119 cm³/mol. The van der Waals surface area contributed by atoms with Gasteiger partial charge in [0.05, 0.1) is 16.3 Å².